The van der Waals surface area contributed by atoms with Crippen molar-refractivity contribution in [1.29, 1.82) is 0 Å². The summed E-state index contributed by atoms with van der Waals surface area (Å²) in [5.74, 6) is 0.794. The maximum Gasteiger partial charge on any atom is 0.318 e. The van der Waals surface area contributed by atoms with Gasteiger partial charge in [-0.3, -0.25) is 0 Å². The molecule has 3 aromatic rings. The van der Waals surface area contributed by atoms with Crippen molar-refractivity contribution < 1.29 is 14.3 Å². The van der Waals surface area contributed by atoms with Crippen molar-refractivity contribution >= 4 is 17.4 Å². The highest BCUT2D eigenvalue weighted by atomic mass is 32.1. The Morgan fingerprint density at radius 1 is 1.15 bits per heavy atom. The molecule has 0 saturated carbocycles. The molecule has 2 amide bonds. The van der Waals surface area contributed by atoms with Crippen LogP contribution in [0.15, 0.2) is 42.6 Å². The van der Waals surface area contributed by atoms with Crippen LogP contribution in [0.4, 0.5) is 4.79 Å². The summed E-state index contributed by atoms with van der Waals surface area (Å²) in [6.45, 7) is 1.81. The highest BCUT2D eigenvalue weighted by Gasteiger charge is 2.36. The first kappa shape index (κ1) is 22.0. The normalized spacial score (nSPS) is 17.0. The Bertz CT molecular complexity index is 1140. The summed E-state index contributed by atoms with van der Waals surface area (Å²) < 4.78 is 13.0. The van der Waals surface area contributed by atoms with Crippen molar-refractivity contribution in [2.75, 3.05) is 27.4 Å². The Labute approximate surface area is 199 Å². The van der Waals surface area contributed by atoms with Crippen molar-refractivity contribution in [3.8, 4) is 10.8 Å². The van der Waals surface area contributed by atoms with Crippen LogP contribution < -0.4 is 10.1 Å². The van der Waals surface area contributed by atoms with E-state index >= 15 is 0 Å². The zero-order chi connectivity index (χ0) is 22.8. The number of hydrogen-bond donors (Lipinski definition) is 1. The first-order chi connectivity index (χ1) is 16.2. The minimum Gasteiger partial charge on any atom is -0.497 e. The molecule has 0 bridgehead atoms. The van der Waals surface area contributed by atoms with E-state index in [2.05, 4.69) is 34.3 Å². The van der Waals surface area contributed by atoms with Crippen LogP contribution in [0.1, 0.15) is 52.6 Å². The molecule has 1 aromatic carbocycles. The van der Waals surface area contributed by atoms with E-state index in [-0.39, 0.29) is 12.1 Å². The summed E-state index contributed by atoms with van der Waals surface area (Å²) in [5.41, 5.74) is 4.92. The summed E-state index contributed by atoms with van der Waals surface area (Å²) >= 11 is 1.90. The molecule has 7 heteroatoms. The lowest BCUT2D eigenvalue weighted by molar-refractivity contribution is 0.174. The Kier molecular flexibility index (Phi) is 6.42. The van der Waals surface area contributed by atoms with E-state index in [0.717, 1.165) is 36.3 Å². The molecular weight excluding hydrogens is 434 g/mol. The zero-order valence-corrected chi connectivity index (χ0v) is 20.1. The largest absolute Gasteiger partial charge is 0.497 e. The number of carbonyl (C=O) groups excluding carboxylic acids is 1. The van der Waals surface area contributed by atoms with E-state index in [1.54, 1.807) is 14.2 Å². The summed E-state index contributed by atoms with van der Waals surface area (Å²) in [6.07, 6.45) is 7.65. The number of hydrogen-bond acceptors (Lipinski definition) is 4. The average Bonchev–Trinajstić information content (AvgIpc) is 3.43. The fraction of sp³-hybridized carbons (Fsp3) is 0.423. The van der Waals surface area contributed by atoms with E-state index in [4.69, 9.17) is 9.47 Å². The number of thiophene rings is 1. The molecule has 6 nitrogen and oxygen atoms in total. The topological polar surface area (TPSA) is 55.7 Å². The van der Waals surface area contributed by atoms with Crippen LogP contribution in [0, 0.1) is 0 Å². The minimum atomic E-state index is -0.212. The van der Waals surface area contributed by atoms with E-state index in [9.17, 15) is 4.79 Å². The number of nitrogens with one attached hydrogen (secondary N) is 1. The predicted octanol–water partition coefficient (Wildman–Crippen LogP) is 5.08. The van der Waals surface area contributed by atoms with E-state index < -0.39 is 0 Å². The van der Waals surface area contributed by atoms with Crippen molar-refractivity contribution in [3.63, 3.8) is 0 Å². The van der Waals surface area contributed by atoms with Gasteiger partial charge in [0.25, 0.3) is 0 Å². The molecule has 0 spiro atoms. The minimum absolute atomic E-state index is 0.0460. The number of fused-ring (bicyclic) bond motifs is 5. The number of methoxy groups -OCH3 is 2. The van der Waals surface area contributed by atoms with Gasteiger partial charge < -0.3 is 24.3 Å². The molecule has 33 heavy (non-hydrogen) atoms. The van der Waals surface area contributed by atoms with Gasteiger partial charge in [0.05, 0.1) is 25.4 Å². The lowest BCUT2D eigenvalue weighted by atomic mass is 9.95. The van der Waals surface area contributed by atoms with Gasteiger partial charge in [0.1, 0.15) is 10.8 Å². The molecule has 2 aromatic heterocycles. The van der Waals surface area contributed by atoms with E-state index in [0.29, 0.717) is 19.7 Å². The van der Waals surface area contributed by atoms with Crippen LogP contribution in [-0.2, 0) is 24.1 Å². The van der Waals surface area contributed by atoms with Crippen LogP contribution in [0.25, 0.3) is 5.00 Å². The summed E-state index contributed by atoms with van der Waals surface area (Å²) in [5, 5.41) is 4.41. The molecule has 1 atom stereocenters. The smallest absolute Gasteiger partial charge is 0.318 e. The molecule has 0 radical (unpaired) electrons. The number of carbonyl (C=O) groups is 1. The van der Waals surface area contributed by atoms with Gasteiger partial charge in [-0.2, -0.15) is 0 Å². The standard InChI is InChI=1S/C26H31N3O3S/c1-31-15-7-13-27-26(30)29-17-21-20-10-3-4-12-23(20)33-25(21)28-14-6-11-22(28)24(29)18-8-5-9-19(16-18)32-2/h5-6,8-9,11,14,16,24H,3-4,7,10,12-13,15,17H2,1-2H3,(H,27,30). The van der Waals surface area contributed by atoms with Crippen molar-refractivity contribution in [2.24, 2.45) is 0 Å². The van der Waals surface area contributed by atoms with Gasteiger partial charge in [-0.1, -0.05) is 12.1 Å². The van der Waals surface area contributed by atoms with Crippen LogP contribution in [0.2, 0.25) is 0 Å². The highest BCUT2D eigenvalue weighted by Crippen LogP contribution is 2.44. The third-order valence-electron chi connectivity index (χ3n) is 6.65. The number of benzene rings is 1. The number of urea groups is 1. The quantitative estimate of drug-likeness (QED) is 0.517. The maximum atomic E-state index is 13.6. The molecule has 3 heterocycles. The second kappa shape index (κ2) is 9.61. The molecule has 1 N–H and O–H groups in total. The number of amides is 2. The van der Waals surface area contributed by atoms with Gasteiger partial charge >= 0.3 is 6.03 Å². The molecule has 5 rings (SSSR count). The molecule has 1 aliphatic heterocycles. The Morgan fingerprint density at radius 2 is 2.03 bits per heavy atom. The third kappa shape index (κ3) is 4.15. The Balaban J connectivity index is 1.60. The first-order valence-electron chi connectivity index (χ1n) is 11.7. The maximum absolute atomic E-state index is 13.6. The monoisotopic (exact) mass is 465 g/mol. The van der Waals surface area contributed by atoms with Crippen molar-refractivity contribution in [3.05, 3.63) is 69.9 Å². The lowest BCUT2D eigenvalue weighted by Gasteiger charge is -2.31. The number of rotatable bonds is 6. The number of nitrogens with zero attached hydrogens (tertiary/aromatic N) is 2. The fourth-order valence-electron chi connectivity index (χ4n) is 5.06. The van der Waals surface area contributed by atoms with Gasteiger partial charge in [-0.25, -0.2) is 4.79 Å². The number of aryl methyl sites for hydroxylation is 1. The average molecular weight is 466 g/mol. The van der Waals surface area contributed by atoms with Crippen molar-refractivity contribution in [2.45, 2.75) is 44.7 Å². The summed E-state index contributed by atoms with van der Waals surface area (Å²) in [4.78, 5) is 17.1. The second-order valence-electron chi connectivity index (χ2n) is 8.68. The SMILES string of the molecule is COCCCNC(=O)N1Cc2c(sc3c2CCCC3)-n2cccc2C1c1cccc(OC)c1. The second-order valence-corrected chi connectivity index (χ2v) is 9.77. The van der Waals surface area contributed by atoms with E-state index in [1.807, 2.05) is 34.4 Å². The van der Waals surface area contributed by atoms with Crippen LogP contribution in [-0.4, -0.2) is 42.9 Å². The Hall–Kier alpha value is -2.77. The van der Waals surface area contributed by atoms with Crippen LogP contribution in [0.3, 0.4) is 0 Å². The molecule has 1 unspecified atom stereocenters. The fourth-order valence-corrected chi connectivity index (χ4v) is 6.47. The van der Waals surface area contributed by atoms with Crippen LogP contribution >= 0.6 is 11.3 Å². The first-order valence-corrected chi connectivity index (χ1v) is 12.5. The molecule has 2 aliphatic rings. The van der Waals surface area contributed by atoms with Gasteiger partial charge in [0, 0.05) is 36.9 Å². The Morgan fingerprint density at radius 3 is 2.88 bits per heavy atom. The van der Waals surface area contributed by atoms with E-state index in [1.165, 1.54) is 33.8 Å². The van der Waals surface area contributed by atoms with Gasteiger partial charge in [0.15, 0.2) is 0 Å². The molecular formula is C26H31N3O3S. The zero-order valence-electron chi connectivity index (χ0n) is 19.3. The van der Waals surface area contributed by atoms with Gasteiger partial charge in [0.2, 0.25) is 0 Å². The predicted molar refractivity (Wildman–Crippen MR) is 131 cm³/mol. The number of aromatic nitrogens is 1. The highest BCUT2D eigenvalue weighted by molar-refractivity contribution is 7.15. The summed E-state index contributed by atoms with van der Waals surface area (Å²) in [6, 6.07) is 12.0. The van der Waals surface area contributed by atoms with Gasteiger partial charge in [-0.15, -0.1) is 11.3 Å². The molecule has 0 fully saturated rings. The molecule has 0 saturated heterocycles. The molecule has 174 valence electrons. The third-order valence-corrected chi connectivity index (χ3v) is 7.98. The van der Waals surface area contributed by atoms with Crippen LogP contribution in [0.5, 0.6) is 5.75 Å². The lowest BCUT2D eigenvalue weighted by Crippen LogP contribution is -2.42. The summed E-state index contributed by atoms with van der Waals surface area (Å²) in [7, 11) is 3.36. The van der Waals surface area contributed by atoms with Crippen molar-refractivity contribution in [1.82, 2.24) is 14.8 Å². The van der Waals surface area contributed by atoms with Gasteiger partial charge in [-0.05, 0) is 67.5 Å². The molecule has 1 aliphatic carbocycles. The number of ether oxygens (including phenoxy) is 2.